The molecule has 1 unspecified atom stereocenters. The summed E-state index contributed by atoms with van der Waals surface area (Å²) in [5.41, 5.74) is 1.54. The topological polar surface area (TPSA) is 51.2 Å². The molecule has 5 heteroatoms. The minimum atomic E-state index is -0.313. The van der Waals surface area contributed by atoms with Gasteiger partial charge >= 0.3 is 0 Å². The number of carbonyl (C=O) groups is 1. The molecule has 1 aromatic rings. The van der Waals surface area contributed by atoms with E-state index in [1.807, 2.05) is 19.1 Å². The number of nitrogens with one attached hydrogen (secondary N) is 1. The predicted molar refractivity (Wildman–Crippen MR) is 68.9 cm³/mol. The van der Waals surface area contributed by atoms with Gasteiger partial charge in [-0.3, -0.25) is 4.79 Å². The van der Waals surface area contributed by atoms with Crippen LogP contribution in [0.5, 0.6) is 0 Å². The summed E-state index contributed by atoms with van der Waals surface area (Å²) < 4.78 is 6.20. The van der Waals surface area contributed by atoms with Crippen molar-refractivity contribution in [3.05, 3.63) is 22.4 Å². The van der Waals surface area contributed by atoms with Crippen molar-refractivity contribution in [2.45, 2.75) is 32.3 Å². The number of amides is 1. The van der Waals surface area contributed by atoms with Crippen LogP contribution in [0.2, 0.25) is 0 Å². The Balaban J connectivity index is 2.02. The lowest BCUT2D eigenvalue weighted by Gasteiger charge is -2.21. The van der Waals surface area contributed by atoms with Gasteiger partial charge in [0.2, 0.25) is 0 Å². The second-order valence-corrected chi connectivity index (χ2v) is 4.92. The predicted octanol–water partition coefficient (Wildman–Crippen LogP) is 2.66. The number of pyridine rings is 1. The SMILES string of the molecule is Cc1nc(Br)ccc1NC(=O)C1CCCCO1. The third-order valence-corrected chi connectivity index (χ3v) is 3.22. The molecule has 1 atom stereocenters. The number of anilines is 1. The number of hydrogen-bond donors (Lipinski definition) is 1. The minimum Gasteiger partial charge on any atom is -0.368 e. The third kappa shape index (κ3) is 3.26. The maximum absolute atomic E-state index is 11.9. The Bertz CT molecular complexity index is 417. The van der Waals surface area contributed by atoms with Gasteiger partial charge in [-0.15, -0.1) is 0 Å². The van der Waals surface area contributed by atoms with Crippen molar-refractivity contribution in [2.75, 3.05) is 11.9 Å². The van der Waals surface area contributed by atoms with Crippen LogP contribution in [0.1, 0.15) is 25.0 Å². The number of hydrogen-bond acceptors (Lipinski definition) is 3. The van der Waals surface area contributed by atoms with Crippen molar-refractivity contribution >= 4 is 27.5 Å². The van der Waals surface area contributed by atoms with Gasteiger partial charge in [0.1, 0.15) is 10.7 Å². The lowest BCUT2D eigenvalue weighted by molar-refractivity contribution is -0.129. The highest BCUT2D eigenvalue weighted by Gasteiger charge is 2.22. The van der Waals surface area contributed by atoms with Crippen LogP contribution in [-0.2, 0) is 9.53 Å². The van der Waals surface area contributed by atoms with Crippen LogP contribution in [0.25, 0.3) is 0 Å². The van der Waals surface area contributed by atoms with Gasteiger partial charge in [0, 0.05) is 6.61 Å². The molecule has 1 aromatic heterocycles. The van der Waals surface area contributed by atoms with E-state index in [-0.39, 0.29) is 12.0 Å². The van der Waals surface area contributed by atoms with E-state index in [0.29, 0.717) is 6.61 Å². The summed E-state index contributed by atoms with van der Waals surface area (Å²) in [5.74, 6) is -0.0723. The first kappa shape index (κ1) is 12.5. The van der Waals surface area contributed by atoms with E-state index in [2.05, 4.69) is 26.2 Å². The Morgan fingerprint density at radius 3 is 3.00 bits per heavy atom. The highest BCUT2D eigenvalue weighted by atomic mass is 79.9. The van der Waals surface area contributed by atoms with Crippen molar-refractivity contribution < 1.29 is 9.53 Å². The largest absolute Gasteiger partial charge is 0.368 e. The molecule has 1 aliphatic heterocycles. The van der Waals surface area contributed by atoms with Crippen LogP contribution in [0.3, 0.4) is 0 Å². The number of ether oxygens (including phenoxy) is 1. The third-order valence-electron chi connectivity index (χ3n) is 2.78. The maximum Gasteiger partial charge on any atom is 0.253 e. The quantitative estimate of drug-likeness (QED) is 0.854. The lowest BCUT2D eigenvalue weighted by Crippen LogP contribution is -2.33. The number of carbonyl (C=O) groups excluding carboxylic acids is 1. The summed E-state index contributed by atoms with van der Waals surface area (Å²) in [4.78, 5) is 16.2. The molecule has 0 bridgehead atoms. The standard InChI is InChI=1S/C12H15BrN2O2/c1-8-9(5-6-11(13)14-8)15-12(16)10-4-2-3-7-17-10/h5-6,10H,2-4,7H2,1H3,(H,15,16). The van der Waals surface area contributed by atoms with E-state index >= 15 is 0 Å². The van der Waals surface area contributed by atoms with Crippen molar-refractivity contribution in [1.29, 1.82) is 0 Å². The van der Waals surface area contributed by atoms with Crippen molar-refractivity contribution in [3.8, 4) is 0 Å². The molecule has 1 saturated heterocycles. The van der Waals surface area contributed by atoms with Gasteiger partial charge in [0.05, 0.1) is 11.4 Å². The summed E-state index contributed by atoms with van der Waals surface area (Å²) in [5, 5.41) is 2.86. The Kier molecular flexibility index (Phi) is 4.12. The molecular weight excluding hydrogens is 284 g/mol. The molecule has 2 rings (SSSR count). The maximum atomic E-state index is 11.9. The average Bonchev–Trinajstić information content (AvgIpc) is 2.34. The fourth-order valence-electron chi connectivity index (χ4n) is 1.82. The molecule has 0 radical (unpaired) electrons. The summed E-state index contributed by atoms with van der Waals surface area (Å²) in [6, 6.07) is 3.65. The minimum absolute atomic E-state index is 0.0723. The summed E-state index contributed by atoms with van der Waals surface area (Å²) in [6.45, 7) is 2.54. The Labute approximate surface area is 109 Å². The van der Waals surface area contributed by atoms with Crippen LogP contribution < -0.4 is 5.32 Å². The number of rotatable bonds is 2. The second kappa shape index (κ2) is 5.60. The van der Waals surface area contributed by atoms with Gasteiger partial charge in [-0.25, -0.2) is 4.98 Å². The molecule has 92 valence electrons. The molecule has 4 nitrogen and oxygen atoms in total. The summed E-state index contributed by atoms with van der Waals surface area (Å²) >= 11 is 3.29. The summed E-state index contributed by atoms with van der Waals surface area (Å²) in [7, 11) is 0. The first-order valence-electron chi connectivity index (χ1n) is 5.72. The van der Waals surface area contributed by atoms with E-state index in [4.69, 9.17) is 4.74 Å². The smallest absolute Gasteiger partial charge is 0.253 e. The van der Waals surface area contributed by atoms with E-state index in [0.717, 1.165) is 35.2 Å². The Hall–Kier alpha value is -0.940. The molecule has 1 N–H and O–H groups in total. The fraction of sp³-hybridized carbons (Fsp3) is 0.500. The Morgan fingerprint density at radius 2 is 2.35 bits per heavy atom. The van der Waals surface area contributed by atoms with Gasteiger partial charge in [-0.1, -0.05) is 0 Å². The zero-order valence-corrected chi connectivity index (χ0v) is 11.3. The van der Waals surface area contributed by atoms with Crippen LogP contribution in [-0.4, -0.2) is 23.6 Å². The van der Waals surface area contributed by atoms with Gasteiger partial charge < -0.3 is 10.1 Å². The Morgan fingerprint density at radius 1 is 1.53 bits per heavy atom. The zero-order chi connectivity index (χ0) is 12.3. The molecular formula is C12H15BrN2O2. The molecule has 17 heavy (non-hydrogen) atoms. The average molecular weight is 299 g/mol. The fourth-order valence-corrected chi connectivity index (χ4v) is 2.22. The van der Waals surface area contributed by atoms with Gasteiger partial charge in [-0.05, 0) is 54.2 Å². The van der Waals surface area contributed by atoms with E-state index in [1.165, 1.54) is 0 Å². The first-order chi connectivity index (χ1) is 8.16. The molecule has 0 aromatic carbocycles. The number of halogens is 1. The molecule has 0 saturated carbocycles. The van der Waals surface area contributed by atoms with Crippen LogP contribution in [0.15, 0.2) is 16.7 Å². The molecule has 1 fully saturated rings. The van der Waals surface area contributed by atoms with E-state index in [1.54, 1.807) is 0 Å². The molecule has 0 aliphatic carbocycles. The highest BCUT2D eigenvalue weighted by molar-refractivity contribution is 9.10. The van der Waals surface area contributed by atoms with Crippen LogP contribution in [0.4, 0.5) is 5.69 Å². The zero-order valence-electron chi connectivity index (χ0n) is 9.70. The number of aryl methyl sites for hydroxylation is 1. The van der Waals surface area contributed by atoms with Gasteiger partial charge in [-0.2, -0.15) is 0 Å². The molecule has 0 spiro atoms. The van der Waals surface area contributed by atoms with Gasteiger partial charge in [0.15, 0.2) is 0 Å². The number of aromatic nitrogens is 1. The van der Waals surface area contributed by atoms with Crippen molar-refractivity contribution in [2.24, 2.45) is 0 Å². The molecule has 2 heterocycles. The number of nitrogens with zero attached hydrogens (tertiary/aromatic N) is 1. The monoisotopic (exact) mass is 298 g/mol. The molecule has 1 amide bonds. The van der Waals surface area contributed by atoms with Gasteiger partial charge in [0.25, 0.3) is 5.91 Å². The normalized spacial score (nSPS) is 20.0. The van der Waals surface area contributed by atoms with Crippen LogP contribution >= 0.6 is 15.9 Å². The summed E-state index contributed by atoms with van der Waals surface area (Å²) in [6.07, 6.45) is 2.58. The van der Waals surface area contributed by atoms with Crippen molar-refractivity contribution in [3.63, 3.8) is 0 Å². The van der Waals surface area contributed by atoms with E-state index < -0.39 is 0 Å². The van der Waals surface area contributed by atoms with Crippen molar-refractivity contribution in [1.82, 2.24) is 4.98 Å². The highest BCUT2D eigenvalue weighted by Crippen LogP contribution is 2.19. The van der Waals surface area contributed by atoms with Crippen LogP contribution in [0, 0.1) is 6.92 Å². The lowest BCUT2D eigenvalue weighted by atomic mass is 10.1. The second-order valence-electron chi connectivity index (χ2n) is 4.11. The molecule has 1 aliphatic rings. The van der Waals surface area contributed by atoms with E-state index in [9.17, 15) is 4.79 Å². The first-order valence-corrected chi connectivity index (χ1v) is 6.52.